The van der Waals surface area contributed by atoms with Crippen molar-refractivity contribution in [1.82, 2.24) is 0 Å². The number of ether oxygens (including phenoxy) is 3. The fourth-order valence-electron chi connectivity index (χ4n) is 4.61. The van der Waals surface area contributed by atoms with Gasteiger partial charge in [0.1, 0.15) is 11.2 Å². The van der Waals surface area contributed by atoms with Crippen LogP contribution in [0.15, 0.2) is 23.3 Å². The number of hydrogen-bond acceptors (Lipinski definition) is 4. The molecule has 2 aliphatic heterocycles. The summed E-state index contributed by atoms with van der Waals surface area (Å²) in [6, 6.07) is 0. The summed E-state index contributed by atoms with van der Waals surface area (Å²) in [7, 11) is -0.485. The predicted octanol–water partition coefficient (Wildman–Crippen LogP) is 4.60. The lowest BCUT2D eigenvalue weighted by Gasteiger charge is -2.43. The third-order valence-corrected chi connectivity index (χ3v) is 10.8. The molecule has 1 N–H and O–H groups in total. The van der Waals surface area contributed by atoms with Gasteiger partial charge in [-0.05, 0) is 63.7 Å². The third-order valence-electron chi connectivity index (χ3n) is 7.35. The molecule has 1 unspecified atom stereocenters. The molecule has 4 nitrogen and oxygen atoms in total. The molecule has 0 aromatic carbocycles. The van der Waals surface area contributed by atoms with Crippen LogP contribution < -0.4 is 0 Å². The highest BCUT2D eigenvalue weighted by Crippen LogP contribution is 2.60. The van der Waals surface area contributed by atoms with E-state index in [4.69, 9.17) is 14.2 Å². The summed E-state index contributed by atoms with van der Waals surface area (Å²) in [5.41, 5.74) is 2.30. The molecule has 0 bridgehead atoms. The molecule has 3 rings (SSSR count). The zero-order chi connectivity index (χ0) is 20.3. The lowest BCUT2D eigenvalue weighted by Crippen LogP contribution is -2.50. The van der Waals surface area contributed by atoms with Crippen molar-refractivity contribution in [2.24, 2.45) is 5.92 Å². The van der Waals surface area contributed by atoms with Gasteiger partial charge in [-0.3, -0.25) is 0 Å². The first-order chi connectivity index (χ1) is 12.4. The van der Waals surface area contributed by atoms with Crippen LogP contribution in [0.5, 0.6) is 0 Å². The second-order valence-corrected chi connectivity index (χ2v) is 14.9. The minimum absolute atomic E-state index is 0.0152. The van der Waals surface area contributed by atoms with Crippen molar-refractivity contribution < 1.29 is 19.0 Å². The molecular weight excluding hydrogens is 356 g/mol. The summed E-state index contributed by atoms with van der Waals surface area (Å²) in [6.45, 7) is 15.7. The van der Waals surface area contributed by atoms with Gasteiger partial charge in [-0.15, -0.1) is 0 Å². The maximum absolute atomic E-state index is 10.8. The van der Waals surface area contributed by atoms with Gasteiger partial charge in [0.2, 0.25) is 0 Å². The van der Waals surface area contributed by atoms with E-state index in [1.54, 1.807) is 7.11 Å². The van der Waals surface area contributed by atoms with E-state index >= 15 is 0 Å². The molecule has 0 aromatic rings. The van der Waals surface area contributed by atoms with Crippen LogP contribution in [-0.4, -0.2) is 50.2 Å². The number of rotatable bonds is 7. The molecule has 3 aliphatic rings. The molecule has 1 aliphatic carbocycles. The smallest absolute Gasteiger partial charge is 0.188 e. The van der Waals surface area contributed by atoms with Crippen molar-refractivity contribution in [3.63, 3.8) is 0 Å². The Balaban J connectivity index is 1.85. The van der Waals surface area contributed by atoms with Crippen LogP contribution in [0.3, 0.4) is 0 Å². The zero-order valence-electron chi connectivity index (χ0n) is 18.4. The van der Waals surface area contributed by atoms with E-state index < -0.39 is 8.32 Å². The lowest BCUT2D eigenvalue weighted by atomic mass is 9.68. The Kier molecular flexibility index (Phi) is 5.35. The number of methoxy groups -OCH3 is 1. The van der Waals surface area contributed by atoms with Crippen molar-refractivity contribution in [1.29, 1.82) is 0 Å². The normalized spacial score (nSPS) is 38.6. The highest BCUT2D eigenvalue weighted by Gasteiger charge is 2.70. The number of epoxide rings is 2. The topological polar surface area (TPSA) is 54.5 Å². The zero-order valence-corrected chi connectivity index (χ0v) is 19.4. The predicted molar refractivity (Wildman–Crippen MR) is 111 cm³/mol. The lowest BCUT2D eigenvalue weighted by molar-refractivity contribution is -0.0102. The van der Waals surface area contributed by atoms with E-state index in [0.717, 1.165) is 25.9 Å². The summed E-state index contributed by atoms with van der Waals surface area (Å²) in [5.74, 6) is 0.199. The minimum Gasteiger partial charge on any atom is -0.432 e. The molecule has 0 aromatic heterocycles. The van der Waals surface area contributed by atoms with Crippen molar-refractivity contribution in [2.45, 2.75) is 95.4 Å². The monoisotopic (exact) mass is 394 g/mol. The highest BCUT2D eigenvalue weighted by atomic mass is 28.4. The van der Waals surface area contributed by atoms with Crippen LogP contribution >= 0.6 is 0 Å². The van der Waals surface area contributed by atoms with Crippen LogP contribution in [0, 0.1) is 5.92 Å². The molecule has 0 radical (unpaired) electrons. The SMILES string of the molecule is CO[C@@H]1C(CC(C)(C)[Si](C)(C)O)=CC[C@]2(CO2)[C@H]1C1(C)O[C@@H]1CC=C(C)C. The number of allylic oxidation sites excluding steroid dienone is 1. The number of hydrogen-bond donors (Lipinski definition) is 1. The van der Waals surface area contributed by atoms with E-state index in [-0.39, 0.29) is 34.4 Å². The highest BCUT2D eigenvalue weighted by molar-refractivity contribution is 6.72. The van der Waals surface area contributed by atoms with E-state index in [1.165, 1.54) is 11.1 Å². The first kappa shape index (κ1) is 21.3. The molecule has 27 heavy (non-hydrogen) atoms. The molecule has 154 valence electrons. The van der Waals surface area contributed by atoms with Gasteiger partial charge in [0.05, 0.1) is 24.7 Å². The Labute approximate surface area is 166 Å². The fourth-order valence-corrected chi connectivity index (χ4v) is 5.24. The van der Waals surface area contributed by atoms with E-state index in [9.17, 15) is 4.80 Å². The average Bonchev–Trinajstić information content (AvgIpc) is 3.44. The Hall–Kier alpha value is -0.463. The Morgan fingerprint density at radius 3 is 2.52 bits per heavy atom. The first-order valence-corrected chi connectivity index (χ1v) is 13.2. The second-order valence-electron chi connectivity index (χ2n) is 10.4. The largest absolute Gasteiger partial charge is 0.432 e. The molecule has 5 atom stereocenters. The van der Waals surface area contributed by atoms with E-state index in [2.05, 4.69) is 46.8 Å². The minimum atomic E-state index is -2.29. The first-order valence-electron chi connectivity index (χ1n) is 10.3. The van der Waals surface area contributed by atoms with E-state index in [1.807, 2.05) is 13.1 Å². The Morgan fingerprint density at radius 1 is 1.41 bits per heavy atom. The van der Waals surface area contributed by atoms with Gasteiger partial charge in [0.15, 0.2) is 8.32 Å². The quantitative estimate of drug-likeness (QED) is 0.389. The summed E-state index contributed by atoms with van der Waals surface area (Å²) >= 11 is 0. The molecule has 0 saturated carbocycles. The van der Waals surface area contributed by atoms with Crippen LogP contribution in [0.1, 0.15) is 53.9 Å². The van der Waals surface area contributed by atoms with Gasteiger partial charge in [-0.2, -0.15) is 0 Å². The van der Waals surface area contributed by atoms with Crippen LogP contribution in [-0.2, 0) is 14.2 Å². The maximum Gasteiger partial charge on any atom is 0.188 e. The molecule has 2 fully saturated rings. The summed E-state index contributed by atoms with van der Waals surface area (Å²) < 4.78 is 18.4. The van der Waals surface area contributed by atoms with Gasteiger partial charge in [-0.25, -0.2) is 0 Å². The molecule has 5 heteroatoms. The maximum atomic E-state index is 10.8. The Bertz CT molecular complexity index is 637. The van der Waals surface area contributed by atoms with Crippen molar-refractivity contribution in [2.75, 3.05) is 13.7 Å². The van der Waals surface area contributed by atoms with Gasteiger partial charge < -0.3 is 19.0 Å². The summed E-state index contributed by atoms with van der Waals surface area (Å²) in [4.78, 5) is 10.8. The second kappa shape index (κ2) is 6.80. The van der Waals surface area contributed by atoms with Gasteiger partial charge in [-0.1, -0.05) is 31.6 Å². The van der Waals surface area contributed by atoms with Crippen LogP contribution in [0.2, 0.25) is 18.1 Å². The van der Waals surface area contributed by atoms with Gasteiger partial charge in [0, 0.05) is 7.11 Å². The Morgan fingerprint density at radius 2 is 2.04 bits per heavy atom. The third kappa shape index (κ3) is 3.86. The average molecular weight is 395 g/mol. The van der Waals surface area contributed by atoms with Gasteiger partial charge in [0.25, 0.3) is 0 Å². The summed E-state index contributed by atoms with van der Waals surface area (Å²) in [6.07, 6.45) is 7.53. The summed E-state index contributed by atoms with van der Waals surface area (Å²) in [5, 5.41) is -0.109. The molecule has 1 spiro atoms. The molecule has 2 heterocycles. The molecular formula is C22H38O4Si. The molecule has 2 saturated heterocycles. The van der Waals surface area contributed by atoms with Crippen LogP contribution in [0.4, 0.5) is 0 Å². The fraction of sp³-hybridized carbons (Fsp3) is 0.818. The van der Waals surface area contributed by atoms with Crippen LogP contribution in [0.25, 0.3) is 0 Å². The van der Waals surface area contributed by atoms with Gasteiger partial charge >= 0.3 is 0 Å². The van der Waals surface area contributed by atoms with Crippen molar-refractivity contribution in [3.8, 4) is 0 Å². The van der Waals surface area contributed by atoms with E-state index in [0.29, 0.717) is 0 Å². The standard InChI is InChI=1S/C22H38O4Si/c1-15(2)9-10-17-21(5,26-17)19-18(24-6)16(11-12-22(19)14-25-22)13-20(3,4)27(7,8)23/h9,11,17-19,23H,10,12-14H2,1-8H3/t17-,18-,19-,21?,22+/m1/s1. The van der Waals surface area contributed by atoms with Crippen molar-refractivity contribution >= 4 is 8.32 Å². The molecule has 0 amide bonds. The van der Waals surface area contributed by atoms with Crippen molar-refractivity contribution in [3.05, 3.63) is 23.3 Å².